The Morgan fingerprint density at radius 2 is 1.93 bits per heavy atom. The van der Waals surface area contributed by atoms with Crippen molar-refractivity contribution >= 4 is 17.1 Å². The molecule has 5 rings (SSSR count). The van der Waals surface area contributed by atoms with Gasteiger partial charge in [0.1, 0.15) is 24.1 Å². The maximum atomic E-state index is 12.5. The van der Waals surface area contributed by atoms with Crippen LogP contribution in [0.25, 0.3) is 22.6 Å². The van der Waals surface area contributed by atoms with Gasteiger partial charge in [-0.1, -0.05) is 0 Å². The van der Waals surface area contributed by atoms with Gasteiger partial charge >= 0.3 is 0 Å². The zero-order valence-corrected chi connectivity index (χ0v) is 17.4. The highest BCUT2D eigenvalue weighted by Gasteiger charge is 2.41. The van der Waals surface area contributed by atoms with E-state index in [1.54, 1.807) is 12.4 Å². The van der Waals surface area contributed by atoms with Crippen molar-refractivity contribution in [2.45, 2.75) is 58.7 Å². The van der Waals surface area contributed by atoms with E-state index in [4.69, 9.17) is 9.72 Å². The lowest BCUT2D eigenvalue weighted by atomic mass is 10.2. The van der Waals surface area contributed by atoms with E-state index in [9.17, 15) is 4.79 Å². The summed E-state index contributed by atoms with van der Waals surface area (Å²) in [5.74, 6) is 2.39. The van der Waals surface area contributed by atoms with Crippen LogP contribution in [0.15, 0.2) is 18.7 Å². The van der Waals surface area contributed by atoms with Gasteiger partial charge in [0.05, 0.1) is 11.6 Å². The second-order valence-corrected chi connectivity index (χ2v) is 8.04. The minimum atomic E-state index is -0.108. The molecular weight excluding hydrogens is 382 g/mol. The molecule has 0 N–H and O–H groups in total. The van der Waals surface area contributed by atoms with Crippen LogP contribution in [0.3, 0.4) is 0 Å². The first kappa shape index (κ1) is 18.9. The number of likely N-dealkylation sites (tertiary alicyclic amines) is 1. The molecule has 0 radical (unpaired) electrons. The number of fused-ring (bicyclic) bond motifs is 1. The van der Waals surface area contributed by atoms with Crippen LogP contribution in [0, 0.1) is 12.8 Å². The number of hydrogen-bond acceptors (Lipinski definition) is 7. The Morgan fingerprint density at radius 3 is 2.63 bits per heavy atom. The highest BCUT2D eigenvalue weighted by atomic mass is 16.5. The molecular formula is C21H25N7O2. The number of carbonyl (C=O) groups excluding carboxylic acids is 1. The van der Waals surface area contributed by atoms with Crippen LogP contribution >= 0.6 is 0 Å². The molecule has 1 amide bonds. The molecule has 9 nitrogen and oxygen atoms in total. The van der Waals surface area contributed by atoms with Gasteiger partial charge in [-0.25, -0.2) is 19.9 Å². The molecule has 3 aromatic heterocycles. The molecule has 0 unspecified atom stereocenters. The number of ether oxygens (including phenoxy) is 1. The fourth-order valence-electron chi connectivity index (χ4n) is 4.12. The molecule has 2 atom stereocenters. The Labute approximate surface area is 174 Å². The third-order valence-corrected chi connectivity index (χ3v) is 6.01. The number of amides is 1. The van der Waals surface area contributed by atoms with Gasteiger partial charge in [-0.05, 0) is 33.6 Å². The highest BCUT2D eigenvalue weighted by Crippen LogP contribution is 2.35. The third kappa shape index (κ3) is 3.18. The van der Waals surface area contributed by atoms with Gasteiger partial charge in [-0.3, -0.25) is 4.79 Å². The van der Waals surface area contributed by atoms with Gasteiger partial charge < -0.3 is 14.2 Å². The van der Waals surface area contributed by atoms with Crippen LogP contribution in [-0.4, -0.2) is 59.0 Å². The molecule has 3 aromatic rings. The summed E-state index contributed by atoms with van der Waals surface area (Å²) >= 11 is 0. The summed E-state index contributed by atoms with van der Waals surface area (Å²) in [4.78, 5) is 36.7. The summed E-state index contributed by atoms with van der Waals surface area (Å²) in [6.07, 6.45) is 7.75. The van der Waals surface area contributed by atoms with Gasteiger partial charge in [0.15, 0.2) is 11.2 Å². The van der Waals surface area contributed by atoms with Crippen molar-refractivity contribution in [3.63, 3.8) is 0 Å². The van der Waals surface area contributed by atoms with Crippen molar-refractivity contribution in [3.05, 3.63) is 24.5 Å². The van der Waals surface area contributed by atoms with Gasteiger partial charge in [0.2, 0.25) is 11.8 Å². The van der Waals surface area contributed by atoms with Crippen LogP contribution in [-0.2, 0) is 11.3 Å². The number of aromatic nitrogens is 6. The molecule has 30 heavy (non-hydrogen) atoms. The summed E-state index contributed by atoms with van der Waals surface area (Å²) in [5.41, 5.74) is 2.16. The monoisotopic (exact) mass is 407 g/mol. The lowest BCUT2D eigenvalue weighted by molar-refractivity contribution is -0.133. The zero-order valence-electron chi connectivity index (χ0n) is 17.4. The first-order chi connectivity index (χ1) is 14.6. The Morgan fingerprint density at radius 1 is 1.17 bits per heavy atom. The average molecular weight is 407 g/mol. The molecule has 2 fully saturated rings. The Hall–Kier alpha value is -3.10. The minimum absolute atomic E-state index is 0.0151. The van der Waals surface area contributed by atoms with E-state index in [-0.39, 0.29) is 24.0 Å². The summed E-state index contributed by atoms with van der Waals surface area (Å²) in [5, 5.41) is 0. The van der Waals surface area contributed by atoms with Crippen molar-refractivity contribution in [2.75, 3.05) is 6.54 Å². The molecule has 1 aliphatic heterocycles. The average Bonchev–Trinajstić information content (AvgIpc) is 3.45. The van der Waals surface area contributed by atoms with Gasteiger partial charge in [-0.2, -0.15) is 4.98 Å². The fraction of sp³-hybridized carbons (Fsp3) is 0.524. The lowest BCUT2D eigenvalue weighted by Crippen LogP contribution is -2.40. The van der Waals surface area contributed by atoms with Crippen LogP contribution in [0.2, 0.25) is 0 Å². The standard InChI is InChI=1S/C21H25N7O2/c1-4-27-18(15-9-22-13(3)23-10-15)26-17-19(27)24-11-25-20(17)30-16-7-8-28(12(16)2)21(29)14-5-6-14/h9-12,14,16H,4-8H2,1-3H3/t12-,16+/m1/s1. The maximum Gasteiger partial charge on any atom is 0.245 e. The Kier molecular flexibility index (Phi) is 4.60. The number of aryl methyl sites for hydroxylation is 2. The second-order valence-electron chi connectivity index (χ2n) is 8.04. The molecule has 1 aliphatic carbocycles. The van der Waals surface area contributed by atoms with E-state index in [1.165, 1.54) is 6.33 Å². The normalized spacial score (nSPS) is 21.4. The van der Waals surface area contributed by atoms with Crippen LogP contribution in [0.5, 0.6) is 5.88 Å². The Bertz CT molecular complexity index is 1090. The first-order valence-electron chi connectivity index (χ1n) is 10.5. The summed E-state index contributed by atoms with van der Waals surface area (Å²) in [6, 6.07) is 0.0151. The lowest BCUT2D eigenvalue weighted by Gasteiger charge is -2.24. The van der Waals surface area contributed by atoms with E-state index >= 15 is 0 Å². The van der Waals surface area contributed by atoms with Crippen molar-refractivity contribution in [1.82, 2.24) is 34.4 Å². The second kappa shape index (κ2) is 7.30. The molecule has 1 saturated carbocycles. The third-order valence-electron chi connectivity index (χ3n) is 6.01. The molecule has 2 aliphatic rings. The largest absolute Gasteiger partial charge is 0.470 e. The van der Waals surface area contributed by atoms with Crippen LogP contribution < -0.4 is 4.74 Å². The Balaban J connectivity index is 1.46. The topological polar surface area (TPSA) is 98.9 Å². The molecule has 156 valence electrons. The number of hydrogen-bond donors (Lipinski definition) is 0. The summed E-state index contributed by atoms with van der Waals surface area (Å²) in [6.45, 7) is 7.37. The van der Waals surface area contributed by atoms with E-state index in [1.807, 2.05) is 23.3 Å². The van der Waals surface area contributed by atoms with Gasteiger partial charge in [-0.15, -0.1) is 0 Å². The summed E-state index contributed by atoms with van der Waals surface area (Å²) < 4.78 is 8.31. The number of nitrogens with zero attached hydrogens (tertiary/aromatic N) is 7. The van der Waals surface area contributed by atoms with Gasteiger partial charge in [0, 0.05) is 37.8 Å². The quantitative estimate of drug-likeness (QED) is 0.640. The fourth-order valence-corrected chi connectivity index (χ4v) is 4.12. The van der Waals surface area contributed by atoms with Crippen molar-refractivity contribution in [2.24, 2.45) is 5.92 Å². The zero-order chi connectivity index (χ0) is 20.8. The van der Waals surface area contributed by atoms with Crippen molar-refractivity contribution in [1.29, 1.82) is 0 Å². The van der Waals surface area contributed by atoms with E-state index < -0.39 is 0 Å². The molecule has 9 heteroatoms. The predicted molar refractivity (Wildman–Crippen MR) is 110 cm³/mol. The first-order valence-corrected chi connectivity index (χ1v) is 10.5. The van der Waals surface area contributed by atoms with E-state index in [2.05, 4.69) is 26.9 Å². The number of rotatable bonds is 5. The highest BCUT2D eigenvalue weighted by molar-refractivity contribution is 5.82. The van der Waals surface area contributed by atoms with E-state index in [0.29, 0.717) is 23.8 Å². The number of imidazole rings is 1. The SMILES string of the molecule is CCn1c(-c2cnc(C)nc2)nc2c(O[C@H]3CCN(C(=O)C4CC4)[C@@H]3C)ncnc21. The molecule has 0 bridgehead atoms. The van der Waals surface area contributed by atoms with Gasteiger partial charge in [0.25, 0.3) is 0 Å². The smallest absolute Gasteiger partial charge is 0.245 e. The molecule has 0 aromatic carbocycles. The van der Waals surface area contributed by atoms with Crippen molar-refractivity contribution in [3.8, 4) is 17.3 Å². The van der Waals surface area contributed by atoms with Crippen LogP contribution in [0.1, 0.15) is 38.9 Å². The van der Waals surface area contributed by atoms with Crippen molar-refractivity contribution < 1.29 is 9.53 Å². The maximum absolute atomic E-state index is 12.5. The molecule has 0 spiro atoms. The molecule has 4 heterocycles. The summed E-state index contributed by atoms with van der Waals surface area (Å²) in [7, 11) is 0. The minimum Gasteiger partial charge on any atom is -0.470 e. The molecule has 1 saturated heterocycles. The van der Waals surface area contributed by atoms with Crippen LogP contribution in [0.4, 0.5) is 0 Å². The predicted octanol–water partition coefficient (Wildman–Crippen LogP) is 2.39. The van der Waals surface area contributed by atoms with E-state index in [0.717, 1.165) is 42.8 Å². The number of carbonyl (C=O) groups is 1.